The molecule has 1 aromatic heterocycles. The highest BCUT2D eigenvalue weighted by Gasteiger charge is 2.14. The van der Waals surface area contributed by atoms with Crippen LogP contribution in [-0.4, -0.2) is 13.1 Å². The van der Waals surface area contributed by atoms with Crippen LogP contribution < -0.4 is 10.6 Å². The first-order valence-corrected chi connectivity index (χ1v) is 8.52. The van der Waals surface area contributed by atoms with Crippen molar-refractivity contribution in [2.24, 2.45) is 5.73 Å². The van der Waals surface area contributed by atoms with Gasteiger partial charge < -0.3 is 10.6 Å². The number of benzene rings is 1. The van der Waals surface area contributed by atoms with Crippen LogP contribution in [0.15, 0.2) is 35.7 Å². The molecule has 2 N–H and O–H groups in total. The van der Waals surface area contributed by atoms with E-state index in [1.54, 1.807) is 0 Å². The van der Waals surface area contributed by atoms with Gasteiger partial charge in [0.15, 0.2) is 0 Å². The highest BCUT2D eigenvalue weighted by molar-refractivity contribution is 7.10. The highest BCUT2D eigenvalue weighted by Crippen LogP contribution is 2.29. The number of nitrogens with zero attached hydrogens (tertiary/aromatic N) is 1. The summed E-state index contributed by atoms with van der Waals surface area (Å²) in [7, 11) is 2.16. The molecule has 2 rings (SSSR count). The molecule has 0 spiro atoms. The lowest BCUT2D eigenvalue weighted by atomic mass is 9.99. The lowest BCUT2D eigenvalue weighted by Crippen LogP contribution is -2.23. The van der Waals surface area contributed by atoms with Crippen molar-refractivity contribution in [3.63, 3.8) is 0 Å². The van der Waals surface area contributed by atoms with Crippen molar-refractivity contribution >= 4 is 17.0 Å². The first-order valence-electron chi connectivity index (χ1n) is 7.64. The molecule has 3 heteroatoms. The van der Waals surface area contributed by atoms with Crippen molar-refractivity contribution in [1.82, 2.24) is 0 Å². The topological polar surface area (TPSA) is 29.3 Å². The minimum absolute atomic E-state index is 0.261. The van der Waals surface area contributed by atoms with Gasteiger partial charge in [0.1, 0.15) is 0 Å². The maximum atomic E-state index is 6.08. The summed E-state index contributed by atoms with van der Waals surface area (Å²) in [6.07, 6.45) is 1.99. The molecule has 2 atom stereocenters. The number of hydrogen-bond acceptors (Lipinski definition) is 3. The minimum atomic E-state index is 0.261. The fourth-order valence-corrected chi connectivity index (χ4v) is 3.33. The van der Waals surface area contributed by atoms with Crippen LogP contribution in [0.4, 0.5) is 5.69 Å². The van der Waals surface area contributed by atoms with Crippen LogP contribution in [0.2, 0.25) is 0 Å². The van der Waals surface area contributed by atoms with E-state index in [2.05, 4.69) is 68.4 Å². The summed E-state index contributed by atoms with van der Waals surface area (Å²) in [5.74, 6) is 0. The van der Waals surface area contributed by atoms with E-state index in [0.29, 0.717) is 6.04 Å². The highest BCUT2D eigenvalue weighted by atomic mass is 32.1. The van der Waals surface area contributed by atoms with Crippen LogP contribution in [0.25, 0.3) is 0 Å². The zero-order chi connectivity index (χ0) is 15.4. The van der Waals surface area contributed by atoms with Gasteiger partial charge in [-0.2, -0.15) is 0 Å². The molecule has 0 bridgehead atoms. The number of nitrogens with two attached hydrogens (primary N) is 1. The molecule has 0 aliphatic rings. The molecular weight excluding hydrogens is 276 g/mol. The summed E-state index contributed by atoms with van der Waals surface area (Å²) in [5, 5.41) is 2.14. The zero-order valence-electron chi connectivity index (χ0n) is 13.5. The summed E-state index contributed by atoms with van der Waals surface area (Å²) < 4.78 is 0. The lowest BCUT2D eigenvalue weighted by molar-refractivity contribution is 0.644. The van der Waals surface area contributed by atoms with Crippen molar-refractivity contribution in [2.45, 2.75) is 45.7 Å². The molecule has 0 amide bonds. The summed E-state index contributed by atoms with van der Waals surface area (Å²) >= 11 is 1.81. The Kier molecular flexibility index (Phi) is 5.43. The molecule has 0 saturated heterocycles. The Balaban J connectivity index is 2.15. The molecule has 0 saturated carbocycles. The van der Waals surface area contributed by atoms with E-state index < -0.39 is 0 Å². The molecule has 2 nitrogen and oxygen atoms in total. The van der Waals surface area contributed by atoms with Gasteiger partial charge in [0.05, 0.1) is 6.04 Å². The van der Waals surface area contributed by atoms with Gasteiger partial charge in [-0.3, -0.25) is 0 Å². The molecule has 2 unspecified atom stereocenters. The van der Waals surface area contributed by atoms with Gasteiger partial charge in [-0.25, -0.2) is 0 Å². The van der Waals surface area contributed by atoms with Crippen LogP contribution >= 0.6 is 11.3 Å². The van der Waals surface area contributed by atoms with Crippen LogP contribution in [0, 0.1) is 6.92 Å². The average molecular weight is 302 g/mol. The third-order valence-electron chi connectivity index (χ3n) is 4.28. The third-order valence-corrected chi connectivity index (χ3v) is 5.32. The number of anilines is 1. The smallest absolute Gasteiger partial charge is 0.0603 e. The van der Waals surface area contributed by atoms with E-state index in [4.69, 9.17) is 5.73 Å². The van der Waals surface area contributed by atoms with Gasteiger partial charge in [0.2, 0.25) is 0 Å². The summed E-state index contributed by atoms with van der Waals surface area (Å²) in [6.45, 7) is 6.58. The molecule has 114 valence electrons. The number of hydrogen-bond donors (Lipinski definition) is 1. The second-order valence-electron chi connectivity index (χ2n) is 5.79. The van der Waals surface area contributed by atoms with Crippen molar-refractivity contribution in [1.29, 1.82) is 0 Å². The predicted octanol–water partition coefficient (Wildman–Crippen LogP) is 4.53. The van der Waals surface area contributed by atoms with E-state index in [1.165, 1.54) is 21.7 Å². The second kappa shape index (κ2) is 7.10. The molecular formula is C18H26N2S. The lowest BCUT2D eigenvalue weighted by Gasteiger charge is -2.27. The van der Waals surface area contributed by atoms with Gasteiger partial charge in [-0.05, 0) is 61.4 Å². The first kappa shape index (κ1) is 16.1. The minimum Gasteiger partial charge on any atom is -0.367 e. The number of aryl methyl sites for hydroxylation is 1. The Morgan fingerprint density at radius 1 is 1.29 bits per heavy atom. The van der Waals surface area contributed by atoms with Crippen LogP contribution in [0.3, 0.4) is 0 Å². The largest absolute Gasteiger partial charge is 0.367 e. The summed E-state index contributed by atoms with van der Waals surface area (Å²) in [5.41, 5.74) is 10.0. The normalized spacial score (nSPS) is 14.0. The van der Waals surface area contributed by atoms with E-state index in [0.717, 1.165) is 12.8 Å². The Morgan fingerprint density at radius 2 is 2.05 bits per heavy atom. The fraction of sp³-hybridized carbons (Fsp3) is 0.444. The molecule has 21 heavy (non-hydrogen) atoms. The second-order valence-corrected chi connectivity index (χ2v) is 6.76. The predicted molar refractivity (Wildman–Crippen MR) is 94.3 cm³/mol. The van der Waals surface area contributed by atoms with Gasteiger partial charge >= 0.3 is 0 Å². The fourth-order valence-electron chi connectivity index (χ4n) is 2.50. The molecule has 0 radical (unpaired) electrons. The van der Waals surface area contributed by atoms with Gasteiger partial charge in [0.25, 0.3) is 0 Å². The van der Waals surface area contributed by atoms with Crippen LogP contribution in [0.5, 0.6) is 0 Å². The summed E-state index contributed by atoms with van der Waals surface area (Å²) in [4.78, 5) is 3.73. The zero-order valence-corrected chi connectivity index (χ0v) is 14.3. The van der Waals surface area contributed by atoms with Crippen LogP contribution in [0.1, 0.15) is 42.3 Å². The average Bonchev–Trinajstić information content (AvgIpc) is 3.01. The maximum absolute atomic E-state index is 6.08. The van der Waals surface area contributed by atoms with Crippen molar-refractivity contribution in [3.05, 3.63) is 51.7 Å². The molecule has 0 aliphatic carbocycles. The Bertz CT molecular complexity index is 563. The standard InChI is InChI=1S/C18H26N2S/c1-5-16(19)12-15-8-9-17(11-13(15)2)20(4)14(3)18-7-6-10-21-18/h6-11,14,16H,5,12,19H2,1-4H3. The summed E-state index contributed by atoms with van der Waals surface area (Å²) in [6, 6.07) is 11.7. The first-order chi connectivity index (χ1) is 10.0. The molecule has 1 heterocycles. The van der Waals surface area contributed by atoms with E-state index in [1.807, 2.05) is 11.3 Å². The van der Waals surface area contributed by atoms with E-state index in [-0.39, 0.29) is 6.04 Å². The Morgan fingerprint density at radius 3 is 2.62 bits per heavy atom. The molecule has 1 aromatic carbocycles. The van der Waals surface area contributed by atoms with Gasteiger partial charge in [0, 0.05) is 23.7 Å². The molecule has 0 aliphatic heterocycles. The maximum Gasteiger partial charge on any atom is 0.0603 e. The van der Waals surface area contributed by atoms with E-state index >= 15 is 0 Å². The van der Waals surface area contributed by atoms with Gasteiger partial charge in [-0.15, -0.1) is 11.3 Å². The van der Waals surface area contributed by atoms with E-state index in [9.17, 15) is 0 Å². The molecule has 0 fully saturated rings. The quantitative estimate of drug-likeness (QED) is 0.849. The number of rotatable bonds is 6. The monoisotopic (exact) mass is 302 g/mol. The Hall–Kier alpha value is -1.32. The van der Waals surface area contributed by atoms with Crippen molar-refractivity contribution in [2.75, 3.05) is 11.9 Å². The molecule has 2 aromatic rings. The van der Waals surface area contributed by atoms with Crippen LogP contribution in [-0.2, 0) is 6.42 Å². The SMILES string of the molecule is CCC(N)Cc1ccc(N(C)C(C)c2cccs2)cc1C. The third kappa shape index (κ3) is 3.86. The number of thiophene rings is 1. The van der Waals surface area contributed by atoms with Gasteiger partial charge in [-0.1, -0.05) is 19.1 Å². The Labute approximate surface area is 132 Å². The van der Waals surface area contributed by atoms with Crippen molar-refractivity contribution < 1.29 is 0 Å². The van der Waals surface area contributed by atoms with Crippen molar-refractivity contribution in [3.8, 4) is 0 Å².